The molecule has 0 heterocycles. The van der Waals surface area contributed by atoms with Crippen molar-refractivity contribution in [3.05, 3.63) is 0 Å². The third-order valence-corrected chi connectivity index (χ3v) is 0.712. The predicted octanol–water partition coefficient (Wildman–Crippen LogP) is -1.13. The third-order valence-electron chi connectivity index (χ3n) is 0.712. The maximum absolute atomic E-state index is 9.85. The summed E-state index contributed by atoms with van der Waals surface area (Å²) in [5, 5.41) is 16.0. The molecule has 9 heavy (non-hydrogen) atoms. The maximum atomic E-state index is 9.85. The van der Waals surface area contributed by atoms with Crippen LogP contribution >= 0.6 is 0 Å². The quantitative estimate of drug-likeness (QED) is 0.451. The highest BCUT2D eigenvalue weighted by Gasteiger charge is 2.14. The van der Waals surface area contributed by atoms with Crippen molar-refractivity contribution >= 4 is 11.9 Å². The standard InChI is InChI=1S/C4H7NO4/c5-2(4(8)9)1-3(6)7/h2H,1,5H2,(H,6,7)(H,8,9)/i3-1. The molecule has 0 radical (unpaired) electrons. The van der Waals surface area contributed by atoms with Crippen LogP contribution in [0.4, 0.5) is 0 Å². The Kier molecular flexibility index (Phi) is 2.66. The Labute approximate surface area is 51.1 Å². The fourth-order valence-corrected chi connectivity index (χ4v) is 0.275. The summed E-state index contributed by atoms with van der Waals surface area (Å²) in [6, 6.07) is -1.29. The van der Waals surface area contributed by atoms with Gasteiger partial charge in [-0.05, 0) is 0 Å². The van der Waals surface area contributed by atoms with Gasteiger partial charge in [0.15, 0.2) is 0 Å². The fraction of sp³-hybridized carbons (Fsp3) is 0.500. The molecule has 0 bridgehead atoms. The Morgan fingerprint density at radius 3 is 2.00 bits per heavy atom. The number of carbonyl (C=O) groups is 2. The number of aliphatic carboxylic acids is 2. The van der Waals surface area contributed by atoms with E-state index in [-0.39, 0.29) is 0 Å². The molecule has 0 aromatic rings. The van der Waals surface area contributed by atoms with Crippen molar-refractivity contribution in [2.45, 2.75) is 12.5 Å². The summed E-state index contributed by atoms with van der Waals surface area (Å²) in [7, 11) is 0. The highest BCUT2D eigenvalue weighted by molar-refractivity contribution is 5.80. The van der Waals surface area contributed by atoms with Gasteiger partial charge in [-0.25, -0.2) is 0 Å². The number of carboxylic acid groups (broad SMARTS) is 2. The number of nitrogens with two attached hydrogens (primary N) is 1. The van der Waals surface area contributed by atoms with Crippen molar-refractivity contribution in [3.8, 4) is 0 Å². The lowest BCUT2D eigenvalue weighted by Crippen LogP contribution is -2.32. The van der Waals surface area contributed by atoms with Crippen LogP contribution in [0.15, 0.2) is 0 Å². The Morgan fingerprint density at radius 1 is 1.44 bits per heavy atom. The molecule has 5 heteroatoms. The summed E-state index contributed by atoms with van der Waals surface area (Å²) in [4.78, 5) is 19.6. The molecule has 0 aliphatic carbocycles. The third kappa shape index (κ3) is 3.48. The summed E-state index contributed by atoms with van der Waals surface area (Å²) in [5.41, 5.74) is 4.84. The zero-order chi connectivity index (χ0) is 7.44. The summed E-state index contributed by atoms with van der Waals surface area (Å²) in [6.07, 6.45) is -0.532. The smallest absolute Gasteiger partial charge is 0.321 e. The molecule has 0 rings (SSSR count). The second-order valence-corrected chi connectivity index (χ2v) is 1.54. The highest BCUT2D eigenvalue weighted by Crippen LogP contribution is 1.86. The van der Waals surface area contributed by atoms with E-state index in [4.69, 9.17) is 15.9 Å². The van der Waals surface area contributed by atoms with Crippen LogP contribution in [0.2, 0.25) is 0 Å². The van der Waals surface area contributed by atoms with Gasteiger partial charge in [0.05, 0.1) is 6.42 Å². The minimum absolute atomic E-state index is 0.532. The molecule has 0 aromatic heterocycles. The average Bonchev–Trinajstić information content (AvgIpc) is 1.63. The van der Waals surface area contributed by atoms with Crippen molar-refractivity contribution in [2.24, 2.45) is 5.73 Å². The molecule has 0 aromatic carbocycles. The van der Waals surface area contributed by atoms with Crippen LogP contribution < -0.4 is 5.73 Å². The molecule has 0 saturated carbocycles. The van der Waals surface area contributed by atoms with Crippen molar-refractivity contribution in [1.82, 2.24) is 0 Å². The monoisotopic (exact) mass is 132 g/mol. The molecule has 1 unspecified atom stereocenters. The number of hydrogen-bond donors (Lipinski definition) is 3. The van der Waals surface area contributed by atoms with Crippen LogP contribution in [0.5, 0.6) is 0 Å². The summed E-state index contributed by atoms with van der Waals surface area (Å²) in [6.45, 7) is 0. The van der Waals surface area contributed by atoms with E-state index < -0.39 is 24.4 Å². The molecule has 1 atom stereocenters. The normalized spacial score (nSPS) is 12.6. The molecule has 0 fully saturated rings. The predicted molar refractivity (Wildman–Crippen MR) is 27.9 cm³/mol. The van der Waals surface area contributed by atoms with Gasteiger partial charge in [0.1, 0.15) is 6.04 Å². The van der Waals surface area contributed by atoms with Crippen molar-refractivity contribution in [1.29, 1.82) is 0 Å². The molecule has 0 spiro atoms. The van der Waals surface area contributed by atoms with Gasteiger partial charge in [-0.3, -0.25) is 9.59 Å². The Bertz CT molecular complexity index is 133. The zero-order valence-corrected chi connectivity index (χ0v) is 4.57. The molecule has 0 saturated heterocycles. The topological polar surface area (TPSA) is 101 Å². The van der Waals surface area contributed by atoms with Crippen LogP contribution in [0.25, 0.3) is 0 Å². The molecule has 0 aliphatic rings. The maximum Gasteiger partial charge on any atom is 0.321 e. The molecular formula is C4H7NO4. The van der Waals surface area contributed by atoms with E-state index in [0.717, 1.165) is 0 Å². The van der Waals surface area contributed by atoms with Gasteiger partial charge in [0.25, 0.3) is 0 Å². The fourth-order valence-electron chi connectivity index (χ4n) is 0.275. The first kappa shape index (κ1) is 7.90. The average molecular weight is 132 g/mol. The minimum Gasteiger partial charge on any atom is -0.481 e. The number of hydrogen-bond acceptors (Lipinski definition) is 3. The zero-order valence-electron chi connectivity index (χ0n) is 4.57. The van der Waals surface area contributed by atoms with Gasteiger partial charge in [0, 0.05) is 0 Å². The van der Waals surface area contributed by atoms with Crippen LogP contribution in [0.3, 0.4) is 0 Å². The van der Waals surface area contributed by atoms with Crippen molar-refractivity contribution in [3.63, 3.8) is 0 Å². The molecule has 5 nitrogen and oxygen atoms in total. The van der Waals surface area contributed by atoms with Crippen molar-refractivity contribution < 1.29 is 19.8 Å². The molecule has 0 aliphatic heterocycles. The van der Waals surface area contributed by atoms with Gasteiger partial charge in [0.2, 0.25) is 0 Å². The first-order valence-electron chi connectivity index (χ1n) is 2.24. The van der Waals surface area contributed by atoms with E-state index in [2.05, 4.69) is 0 Å². The lowest BCUT2D eigenvalue weighted by atomic mass is 9.96. The van der Waals surface area contributed by atoms with Crippen LogP contribution in [0.1, 0.15) is 6.42 Å². The van der Waals surface area contributed by atoms with E-state index in [9.17, 15) is 9.59 Å². The van der Waals surface area contributed by atoms with Gasteiger partial charge >= 0.3 is 11.9 Å². The Balaban J connectivity index is 3.63. The lowest BCUT2D eigenvalue weighted by Gasteiger charge is -1.99. The highest BCUT2D eigenvalue weighted by atomic mass is 16.4. The lowest BCUT2D eigenvalue weighted by molar-refractivity contribution is -0.144. The van der Waals surface area contributed by atoms with Crippen LogP contribution in [0, 0.1) is 0 Å². The number of rotatable bonds is 3. The van der Waals surface area contributed by atoms with Gasteiger partial charge < -0.3 is 15.9 Å². The largest absolute Gasteiger partial charge is 0.481 e. The molecule has 0 amide bonds. The Morgan fingerprint density at radius 2 is 1.89 bits per heavy atom. The van der Waals surface area contributed by atoms with E-state index >= 15 is 0 Å². The van der Waals surface area contributed by atoms with E-state index in [0.29, 0.717) is 0 Å². The van der Waals surface area contributed by atoms with Gasteiger partial charge in [-0.1, -0.05) is 0 Å². The summed E-state index contributed by atoms with van der Waals surface area (Å²) < 4.78 is 0. The molecule has 52 valence electrons. The van der Waals surface area contributed by atoms with Crippen molar-refractivity contribution in [2.75, 3.05) is 0 Å². The molecule has 4 N–H and O–H groups in total. The van der Waals surface area contributed by atoms with Crippen LogP contribution in [-0.4, -0.2) is 28.2 Å². The minimum atomic E-state index is -1.29. The van der Waals surface area contributed by atoms with Crippen LogP contribution in [-0.2, 0) is 9.59 Å². The van der Waals surface area contributed by atoms with Gasteiger partial charge in [-0.15, -0.1) is 0 Å². The van der Waals surface area contributed by atoms with E-state index in [1.165, 1.54) is 0 Å². The first-order chi connectivity index (χ1) is 4.04. The summed E-state index contributed by atoms with van der Waals surface area (Å²) in [5.74, 6) is -2.50. The second kappa shape index (κ2) is 3.03. The SMILES string of the molecule is NC(C[11C](=O)O)C(=O)O. The Hall–Kier alpha value is -1.10. The van der Waals surface area contributed by atoms with E-state index in [1.54, 1.807) is 0 Å². The second-order valence-electron chi connectivity index (χ2n) is 1.54. The molecular weight excluding hydrogens is 125 g/mol. The summed E-state index contributed by atoms with van der Waals surface area (Å²) >= 11 is 0. The van der Waals surface area contributed by atoms with Gasteiger partial charge in [-0.2, -0.15) is 0 Å². The number of carboxylic acids is 2. The first-order valence-corrected chi connectivity index (χ1v) is 2.24. The van der Waals surface area contributed by atoms with E-state index in [1.807, 2.05) is 0 Å².